The van der Waals surface area contributed by atoms with E-state index in [4.69, 9.17) is 9.47 Å². The molecular weight excluding hydrogens is 412 g/mol. The van der Waals surface area contributed by atoms with Gasteiger partial charge in [-0.1, -0.05) is 6.07 Å². The molecule has 166 valence electrons. The van der Waals surface area contributed by atoms with Crippen LogP contribution < -0.4 is 4.74 Å². The quantitative estimate of drug-likeness (QED) is 0.357. The number of hydrogen-bond donors (Lipinski definition) is 4. The summed E-state index contributed by atoms with van der Waals surface area (Å²) in [4.78, 5) is 13.0. The van der Waals surface area contributed by atoms with Gasteiger partial charge in [0.15, 0.2) is 17.6 Å². The van der Waals surface area contributed by atoms with Crippen molar-refractivity contribution in [1.29, 1.82) is 0 Å². The van der Waals surface area contributed by atoms with Crippen LogP contribution in [-0.4, -0.2) is 32.5 Å². The number of carbonyl (C=O) groups is 1. The van der Waals surface area contributed by atoms with Crippen LogP contribution in [0.4, 0.5) is 0 Å². The third-order valence-electron chi connectivity index (χ3n) is 5.92. The normalized spacial score (nSPS) is 17.3. The van der Waals surface area contributed by atoms with Crippen LogP contribution in [0.1, 0.15) is 44.3 Å². The number of fused-ring (bicyclic) bond motifs is 1. The highest BCUT2D eigenvalue weighted by atomic mass is 16.6. The minimum atomic E-state index is -0.841. The molecule has 3 aromatic rings. The third-order valence-corrected chi connectivity index (χ3v) is 5.92. The van der Waals surface area contributed by atoms with E-state index in [2.05, 4.69) is 0 Å². The number of benzene rings is 3. The molecule has 7 heteroatoms. The standard InChI is InChI=1S/C25H24O7/c1-12-6-16(7-13(2)14(12)3)25(30)32-23-11-18-20(28)9-17(26)10-22(18)31-24(23)15-4-5-19(27)21(29)8-15/h4-10,23-24,26-29H,11H2,1-3H3. The van der Waals surface area contributed by atoms with E-state index in [0.717, 1.165) is 16.7 Å². The van der Waals surface area contributed by atoms with E-state index >= 15 is 0 Å². The van der Waals surface area contributed by atoms with Gasteiger partial charge in [-0.05, 0) is 61.7 Å². The summed E-state index contributed by atoms with van der Waals surface area (Å²) in [5.41, 5.74) is 4.29. The highest BCUT2D eigenvalue weighted by molar-refractivity contribution is 5.90. The Kier molecular flexibility index (Phi) is 5.34. The molecule has 2 unspecified atom stereocenters. The van der Waals surface area contributed by atoms with Gasteiger partial charge in [0.25, 0.3) is 0 Å². The number of rotatable bonds is 3. The average Bonchev–Trinajstić information content (AvgIpc) is 2.73. The van der Waals surface area contributed by atoms with Crippen molar-refractivity contribution in [2.24, 2.45) is 0 Å². The van der Waals surface area contributed by atoms with Crippen molar-refractivity contribution in [2.75, 3.05) is 0 Å². The lowest BCUT2D eigenvalue weighted by molar-refractivity contribution is -0.0188. The molecule has 32 heavy (non-hydrogen) atoms. The minimum Gasteiger partial charge on any atom is -0.508 e. The van der Waals surface area contributed by atoms with Crippen LogP contribution in [-0.2, 0) is 11.2 Å². The second-order valence-corrected chi connectivity index (χ2v) is 8.11. The zero-order valence-electron chi connectivity index (χ0n) is 17.9. The molecule has 4 N–H and O–H groups in total. The largest absolute Gasteiger partial charge is 0.508 e. The lowest BCUT2D eigenvalue weighted by Gasteiger charge is -2.34. The molecule has 3 aromatic carbocycles. The Labute approximate surface area is 185 Å². The van der Waals surface area contributed by atoms with Gasteiger partial charge in [-0.15, -0.1) is 0 Å². The number of esters is 1. The predicted molar refractivity (Wildman–Crippen MR) is 116 cm³/mol. The van der Waals surface area contributed by atoms with Crippen molar-refractivity contribution >= 4 is 5.97 Å². The van der Waals surface area contributed by atoms with Crippen LogP contribution >= 0.6 is 0 Å². The van der Waals surface area contributed by atoms with Crippen molar-refractivity contribution in [3.8, 4) is 28.7 Å². The maximum absolute atomic E-state index is 13.0. The molecule has 1 aliphatic rings. The first-order valence-electron chi connectivity index (χ1n) is 10.2. The Balaban J connectivity index is 1.72. The molecule has 0 saturated carbocycles. The molecule has 0 spiro atoms. The number of phenolic OH excluding ortho intramolecular Hbond substituents is 4. The molecular formula is C25H24O7. The third kappa shape index (κ3) is 3.89. The Morgan fingerprint density at radius 2 is 1.59 bits per heavy atom. The van der Waals surface area contributed by atoms with Crippen LogP contribution in [0.15, 0.2) is 42.5 Å². The molecule has 0 saturated heterocycles. The fourth-order valence-corrected chi connectivity index (χ4v) is 3.91. The monoisotopic (exact) mass is 436 g/mol. The van der Waals surface area contributed by atoms with E-state index in [9.17, 15) is 25.2 Å². The maximum Gasteiger partial charge on any atom is 0.338 e. The lowest BCUT2D eigenvalue weighted by atomic mass is 9.93. The van der Waals surface area contributed by atoms with E-state index in [1.165, 1.54) is 24.3 Å². The summed E-state index contributed by atoms with van der Waals surface area (Å²) >= 11 is 0. The van der Waals surface area contributed by atoms with Crippen LogP contribution in [0.25, 0.3) is 0 Å². The van der Waals surface area contributed by atoms with Crippen molar-refractivity contribution in [3.05, 3.63) is 75.8 Å². The van der Waals surface area contributed by atoms with Crippen molar-refractivity contribution < 1.29 is 34.7 Å². The molecule has 0 radical (unpaired) electrons. The average molecular weight is 436 g/mol. The number of aryl methyl sites for hydroxylation is 2. The fraction of sp³-hybridized carbons (Fsp3) is 0.240. The van der Waals surface area contributed by atoms with Crippen LogP contribution in [0.5, 0.6) is 28.7 Å². The maximum atomic E-state index is 13.0. The van der Waals surface area contributed by atoms with Crippen molar-refractivity contribution in [3.63, 3.8) is 0 Å². The fourth-order valence-electron chi connectivity index (χ4n) is 3.91. The molecule has 1 heterocycles. The lowest BCUT2D eigenvalue weighted by Crippen LogP contribution is -2.34. The summed E-state index contributed by atoms with van der Waals surface area (Å²) in [5, 5.41) is 39.8. The number of aromatic hydroxyl groups is 4. The molecule has 7 nitrogen and oxygen atoms in total. The van der Waals surface area contributed by atoms with E-state index in [1.807, 2.05) is 20.8 Å². The summed E-state index contributed by atoms with van der Waals surface area (Å²) in [5.74, 6) is -1.27. The molecule has 2 atom stereocenters. The summed E-state index contributed by atoms with van der Waals surface area (Å²) in [6.45, 7) is 5.83. The summed E-state index contributed by atoms with van der Waals surface area (Å²) < 4.78 is 11.8. The molecule has 1 aliphatic heterocycles. The number of ether oxygens (including phenoxy) is 2. The van der Waals surface area contributed by atoms with Gasteiger partial charge >= 0.3 is 5.97 Å². The molecule has 0 bridgehead atoms. The van der Waals surface area contributed by atoms with E-state index in [1.54, 1.807) is 18.2 Å². The minimum absolute atomic E-state index is 0.128. The molecule has 0 aliphatic carbocycles. The highest BCUT2D eigenvalue weighted by Gasteiger charge is 2.36. The first kappa shape index (κ1) is 21.4. The first-order valence-corrected chi connectivity index (χ1v) is 10.2. The van der Waals surface area contributed by atoms with Gasteiger partial charge < -0.3 is 29.9 Å². The zero-order chi connectivity index (χ0) is 23.2. The molecule has 4 rings (SSSR count). The topological polar surface area (TPSA) is 116 Å². The number of carbonyl (C=O) groups excluding carboxylic acids is 1. The second kappa shape index (κ2) is 8.00. The summed E-state index contributed by atoms with van der Waals surface area (Å²) in [7, 11) is 0. The van der Waals surface area contributed by atoms with Gasteiger partial charge in [0.2, 0.25) is 0 Å². The zero-order valence-corrected chi connectivity index (χ0v) is 17.9. The SMILES string of the molecule is Cc1cc(C(=O)OC2Cc3c(O)cc(O)cc3OC2c2ccc(O)c(O)c2)cc(C)c1C. The summed E-state index contributed by atoms with van der Waals surface area (Å²) in [6.07, 6.45) is -1.55. The van der Waals surface area contributed by atoms with Gasteiger partial charge in [0.1, 0.15) is 23.4 Å². The Hall–Kier alpha value is -3.87. The van der Waals surface area contributed by atoms with E-state index in [0.29, 0.717) is 16.7 Å². The van der Waals surface area contributed by atoms with E-state index < -0.39 is 18.2 Å². The van der Waals surface area contributed by atoms with Gasteiger partial charge in [-0.2, -0.15) is 0 Å². The van der Waals surface area contributed by atoms with Gasteiger partial charge in [0.05, 0.1) is 5.56 Å². The van der Waals surface area contributed by atoms with Crippen LogP contribution in [0.3, 0.4) is 0 Å². The predicted octanol–water partition coefficient (Wildman–Crippen LogP) is 4.34. The van der Waals surface area contributed by atoms with Gasteiger partial charge in [0, 0.05) is 29.7 Å². The summed E-state index contributed by atoms with van der Waals surface area (Å²) in [6, 6.07) is 10.3. The molecule has 0 amide bonds. The number of hydrogen-bond acceptors (Lipinski definition) is 7. The van der Waals surface area contributed by atoms with Crippen molar-refractivity contribution in [2.45, 2.75) is 39.4 Å². The van der Waals surface area contributed by atoms with Crippen LogP contribution in [0, 0.1) is 20.8 Å². The van der Waals surface area contributed by atoms with E-state index in [-0.39, 0.29) is 35.2 Å². The second-order valence-electron chi connectivity index (χ2n) is 8.11. The Bertz CT molecular complexity index is 1190. The Morgan fingerprint density at radius 3 is 2.25 bits per heavy atom. The Morgan fingerprint density at radius 1 is 0.906 bits per heavy atom. The van der Waals surface area contributed by atoms with Crippen molar-refractivity contribution in [1.82, 2.24) is 0 Å². The number of phenols is 4. The smallest absolute Gasteiger partial charge is 0.338 e. The van der Waals surface area contributed by atoms with Crippen LogP contribution in [0.2, 0.25) is 0 Å². The highest BCUT2D eigenvalue weighted by Crippen LogP contribution is 2.44. The van der Waals surface area contributed by atoms with Gasteiger partial charge in [-0.3, -0.25) is 0 Å². The molecule has 0 aromatic heterocycles. The van der Waals surface area contributed by atoms with Gasteiger partial charge in [-0.25, -0.2) is 4.79 Å². The first-order chi connectivity index (χ1) is 15.1. The molecule has 0 fully saturated rings.